The van der Waals surface area contributed by atoms with Gasteiger partial charge in [-0.3, -0.25) is 9.69 Å². The summed E-state index contributed by atoms with van der Waals surface area (Å²) in [6, 6.07) is 5.70. The molecule has 0 saturated carbocycles. The van der Waals surface area contributed by atoms with Gasteiger partial charge < -0.3 is 10.1 Å². The van der Waals surface area contributed by atoms with Crippen LogP contribution in [0.4, 0.5) is 0 Å². The van der Waals surface area contributed by atoms with Crippen LogP contribution < -0.4 is 5.32 Å². The van der Waals surface area contributed by atoms with Gasteiger partial charge in [0, 0.05) is 31.2 Å². The number of rotatable bonds is 6. The second kappa shape index (κ2) is 7.72. The number of H-pyrrole nitrogens is 1. The molecule has 1 amide bonds. The molecule has 1 aliphatic heterocycles. The fourth-order valence-corrected chi connectivity index (χ4v) is 3.14. The van der Waals surface area contributed by atoms with Crippen molar-refractivity contribution in [2.24, 2.45) is 5.92 Å². The van der Waals surface area contributed by atoms with Gasteiger partial charge in [-0.25, -0.2) is 0 Å². The fraction of sp³-hybridized carbons (Fsp3) is 0.588. The molecule has 1 aromatic heterocycles. The van der Waals surface area contributed by atoms with Gasteiger partial charge in [-0.05, 0) is 30.5 Å². The van der Waals surface area contributed by atoms with Gasteiger partial charge in [0.1, 0.15) is 11.0 Å². The molecule has 0 spiro atoms. The number of nitrogens with one attached hydrogen (secondary N) is 2. The van der Waals surface area contributed by atoms with Crippen LogP contribution in [0.3, 0.4) is 0 Å². The molecule has 1 aliphatic rings. The molecule has 130 valence electrons. The summed E-state index contributed by atoms with van der Waals surface area (Å²) in [4.78, 5) is 14.9. The Hall–Kier alpha value is -1.99. The van der Waals surface area contributed by atoms with Crippen molar-refractivity contribution in [3.8, 4) is 0 Å². The molecule has 1 aromatic carbocycles. The summed E-state index contributed by atoms with van der Waals surface area (Å²) in [6.07, 6.45) is 1.06. The number of morpholine rings is 1. The molecule has 7 nitrogen and oxygen atoms in total. The molecule has 2 aromatic rings. The minimum absolute atomic E-state index is 0.0677. The predicted octanol–water partition coefficient (Wildman–Crippen LogP) is 1.43. The van der Waals surface area contributed by atoms with E-state index in [-0.39, 0.29) is 5.91 Å². The smallest absolute Gasteiger partial charge is 0.251 e. The van der Waals surface area contributed by atoms with E-state index < -0.39 is 0 Å². The van der Waals surface area contributed by atoms with E-state index in [9.17, 15) is 4.79 Å². The topological polar surface area (TPSA) is 83.1 Å². The van der Waals surface area contributed by atoms with Crippen LogP contribution in [0.2, 0.25) is 0 Å². The average Bonchev–Trinajstić information content (AvgIpc) is 3.06. The summed E-state index contributed by atoms with van der Waals surface area (Å²) in [5.74, 6) is 0.517. The molecule has 2 N–H and O–H groups in total. The molecule has 0 aliphatic carbocycles. The average molecular weight is 331 g/mol. The Balaban J connectivity index is 1.62. The summed E-state index contributed by atoms with van der Waals surface area (Å²) in [6.45, 7) is 8.47. The van der Waals surface area contributed by atoms with Gasteiger partial charge in [-0.15, -0.1) is 0 Å². The third-order valence-electron chi connectivity index (χ3n) is 4.38. The number of hydrogen-bond donors (Lipinski definition) is 2. The lowest BCUT2D eigenvalue weighted by Crippen LogP contribution is -2.49. The predicted molar refractivity (Wildman–Crippen MR) is 91.9 cm³/mol. The maximum atomic E-state index is 12.5. The van der Waals surface area contributed by atoms with Gasteiger partial charge in [0.25, 0.3) is 5.91 Å². The van der Waals surface area contributed by atoms with E-state index in [0.717, 1.165) is 38.2 Å². The molecular formula is C17H25N5O2. The second-order valence-electron chi connectivity index (χ2n) is 6.67. The van der Waals surface area contributed by atoms with Crippen molar-refractivity contribution in [1.82, 2.24) is 25.6 Å². The van der Waals surface area contributed by atoms with Gasteiger partial charge in [0.05, 0.1) is 13.2 Å². The summed E-state index contributed by atoms with van der Waals surface area (Å²) < 4.78 is 5.44. The van der Waals surface area contributed by atoms with Gasteiger partial charge in [-0.2, -0.15) is 15.4 Å². The number of ether oxygens (including phenoxy) is 1. The van der Waals surface area contributed by atoms with Gasteiger partial charge in [0.2, 0.25) is 0 Å². The van der Waals surface area contributed by atoms with Crippen molar-refractivity contribution in [2.75, 3.05) is 32.8 Å². The minimum atomic E-state index is -0.0677. The third-order valence-corrected chi connectivity index (χ3v) is 4.38. The molecular weight excluding hydrogens is 306 g/mol. The van der Waals surface area contributed by atoms with Crippen molar-refractivity contribution in [3.63, 3.8) is 0 Å². The highest BCUT2D eigenvalue weighted by molar-refractivity contribution is 5.97. The Labute approximate surface area is 141 Å². The van der Waals surface area contributed by atoms with Gasteiger partial charge in [0.15, 0.2) is 0 Å². The standard InChI is InChI=1S/C17H25N5O2/c1-12(2)9-14(22-5-7-24-8-6-22)11-18-17(23)13-3-4-15-16(10-13)20-21-19-15/h3-4,10,12,14H,5-9,11H2,1-2H3,(H,18,23)(H,19,20,21)/t14-/m0/s1. The van der Waals surface area contributed by atoms with E-state index in [4.69, 9.17) is 4.74 Å². The van der Waals surface area contributed by atoms with Gasteiger partial charge >= 0.3 is 0 Å². The van der Waals surface area contributed by atoms with Crippen molar-refractivity contribution >= 4 is 16.9 Å². The molecule has 0 radical (unpaired) electrons. The summed E-state index contributed by atoms with van der Waals surface area (Å²) >= 11 is 0. The van der Waals surface area contributed by atoms with E-state index in [1.54, 1.807) is 18.2 Å². The van der Waals surface area contributed by atoms with Crippen LogP contribution in [0.25, 0.3) is 11.0 Å². The zero-order valence-corrected chi connectivity index (χ0v) is 14.3. The molecule has 2 heterocycles. The number of carbonyl (C=O) groups is 1. The largest absolute Gasteiger partial charge is 0.379 e. The summed E-state index contributed by atoms with van der Waals surface area (Å²) in [5, 5.41) is 13.7. The van der Waals surface area contributed by atoms with Crippen LogP contribution >= 0.6 is 0 Å². The van der Waals surface area contributed by atoms with Crippen molar-refractivity contribution in [1.29, 1.82) is 0 Å². The van der Waals surface area contributed by atoms with E-state index in [2.05, 4.69) is 39.5 Å². The lowest BCUT2D eigenvalue weighted by molar-refractivity contribution is 0.0124. The van der Waals surface area contributed by atoms with E-state index in [1.807, 2.05) is 0 Å². The first-order chi connectivity index (χ1) is 11.6. The van der Waals surface area contributed by atoms with Crippen LogP contribution in [0, 0.1) is 5.92 Å². The number of nitrogens with zero attached hydrogens (tertiary/aromatic N) is 3. The number of aromatic amines is 1. The van der Waals surface area contributed by atoms with Crippen LogP contribution in [0.15, 0.2) is 18.2 Å². The van der Waals surface area contributed by atoms with E-state index >= 15 is 0 Å². The summed E-state index contributed by atoms with van der Waals surface area (Å²) in [7, 11) is 0. The normalized spacial score (nSPS) is 17.3. The maximum Gasteiger partial charge on any atom is 0.251 e. The number of carbonyl (C=O) groups excluding carboxylic acids is 1. The molecule has 1 saturated heterocycles. The van der Waals surface area contributed by atoms with Crippen LogP contribution in [-0.2, 0) is 4.74 Å². The van der Waals surface area contributed by atoms with Crippen molar-refractivity contribution in [2.45, 2.75) is 26.3 Å². The second-order valence-corrected chi connectivity index (χ2v) is 6.67. The lowest BCUT2D eigenvalue weighted by atomic mass is 10.0. The Morgan fingerprint density at radius 2 is 2.04 bits per heavy atom. The molecule has 1 fully saturated rings. The summed E-state index contributed by atoms with van der Waals surface area (Å²) in [5.41, 5.74) is 2.08. The zero-order chi connectivity index (χ0) is 16.9. The van der Waals surface area contributed by atoms with Crippen molar-refractivity contribution in [3.05, 3.63) is 23.8 Å². The monoisotopic (exact) mass is 331 g/mol. The minimum Gasteiger partial charge on any atom is -0.379 e. The number of amides is 1. The van der Waals surface area contributed by atoms with Crippen LogP contribution in [-0.4, -0.2) is 65.1 Å². The maximum absolute atomic E-state index is 12.5. The first kappa shape index (κ1) is 16.9. The van der Waals surface area contributed by atoms with Crippen molar-refractivity contribution < 1.29 is 9.53 Å². The first-order valence-corrected chi connectivity index (χ1v) is 8.54. The van der Waals surface area contributed by atoms with Crippen LogP contribution in [0.1, 0.15) is 30.6 Å². The SMILES string of the molecule is CC(C)C[C@@H](CNC(=O)c1ccc2n[nH]nc2c1)N1CCOCC1. The number of aromatic nitrogens is 3. The van der Waals surface area contributed by atoms with Gasteiger partial charge in [-0.1, -0.05) is 13.8 Å². The lowest BCUT2D eigenvalue weighted by Gasteiger charge is -2.35. The molecule has 0 bridgehead atoms. The molecule has 3 rings (SSSR count). The fourth-order valence-electron chi connectivity index (χ4n) is 3.14. The third kappa shape index (κ3) is 4.10. The highest BCUT2D eigenvalue weighted by Crippen LogP contribution is 2.14. The van der Waals surface area contributed by atoms with E-state index in [0.29, 0.717) is 29.6 Å². The highest BCUT2D eigenvalue weighted by Gasteiger charge is 2.22. The highest BCUT2D eigenvalue weighted by atomic mass is 16.5. The van der Waals surface area contributed by atoms with E-state index in [1.165, 1.54) is 0 Å². The zero-order valence-electron chi connectivity index (χ0n) is 14.3. The molecule has 7 heteroatoms. The number of hydrogen-bond acceptors (Lipinski definition) is 5. The Kier molecular flexibility index (Phi) is 5.42. The molecule has 1 atom stereocenters. The Bertz CT molecular complexity index is 678. The Morgan fingerprint density at radius 3 is 2.79 bits per heavy atom. The Morgan fingerprint density at radius 1 is 1.29 bits per heavy atom. The number of benzene rings is 1. The van der Waals surface area contributed by atoms with Crippen LogP contribution in [0.5, 0.6) is 0 Å². The quantitative estimate of drug-likeness (QED) is 0.837. The molecule has 0 unspecified atom stereocenters. The number of fused-ring (bicyclic) bond motifs is 1. The first-order valence-electron chi connectivity index (χ1n) is 8.54. The molecule has 24 heavy (non-hydrogen) atoms.